The average Bonchev–Trinajstić information content (AvgIpc) is 2.37. The Morgan fingerprint density at radius 2 is 2.15 bits per heavy atom. The van der Waals surface area contributed by atoms with Crippen LogP contribution in [0.1, 0.15) is 20.3 Å². The number of nitro groups is 1. The van der Waals surface area contributed by atoms with Crippen molar-refractivity contribution in [2.75, 3.05) is 19.0 Å². The van der Waals surface area contributed by atoms with Crippen molar-refractivity contribution in [2.45, 2.75) is 26.3 Å². The molecule has 2 N–H and O–H groups in total. The zero-order chi connectivity index (χ0) is 15.1. The molecule has 0 aliphatic heterocycles. The van der Waals surface area contributed by atoms with E-state index in [4.69, 9.17) is 4.74 Å². The lowest BCUT2D eigenvalue weighted by molar-refractivity contribution is -0.384. The maximum Gasteiger partial charge on any atom is 0.292 e. The molecule has 0 aliphatic rings. The van der Waals surface area contributed by atoms with E-state index in [1.54, 1.807) is 6.07 Å². The first-order valence-electron chi connectivity index (χ1n) is 6.29. The van der Waals surface area contributed by atoms with E-state index in [2.05, 4.69) is 10.6 Å². The molecule has 1 amide bonds. The molecule has 20 heavy (non-hydrogen) atoms. The number of carbonyl (C=O) groups excluding carboxylic acids is 1. The molecule has 0 heterocycles. The summed E-state index contributed by atoms with van der Waals surface area (Å²) in [5, 5.41) is 16.6. The average molecular weight is 281 g/mol. The lowest BCUT2D eigenvalue weighted by Crippen LogP contribution is -2.31. The molecule has 1 aromatic carbocycles. The minimum atomic E-state index is -0.476. The molecule has 0 saturated carbocycles. The van der Waals surface area contributed by atoms with Crippen LogP contribution in [0, 0.1) is 10.1 Å². The van der Waals surface area contributed by atoms with Crippen LogP contribution in [0.15, 0.2) is 18.2 Å². The number of nitrogens with zero attached hydrogens (tertiary/aromatic N) is 1. The van der Waals surface area contributed by atoms with Crippen molar-refractivity contribution in [1.29, 1.82) is 0 Å². The van der Waals surface area contributed by atoms with Crippen LogP contribution < -0.4 is 15.4 Å². The van der Waals surface area contributed by atoms with Crippen LogP contribution in [0.4, 0.5) is 11.4 Å². The Hall–Kier alpha value is -2.31. The van der Waals surface area contributed by atoms with Crippen LogP contribution in [0.5, 0.6) is 5.75 Å². The zero-order valence-electron chi connectivity index (χ0n) is 11.8. The number of ether oxygens (including phenoxy) is 1. The molecule has 1 aromatic rings. The summed E-state index contributed by atoms with van der Waals surface area (Å²) in [7, 11) is 1.49. The second-order valence-corrected chi connectivity index (χ2v) is 4.54. The monoisotopic (exact) mass is 281 g/mol. The molecule has 0 bridgehead atoms. The number of carbonyl (C=O) groups is 1. The van der Waals surface area contributed by atoms with Gasteiger partial charge in [0.1, 0.15) is 11.4 Å². The van der Waals surface area contributed by atoms with Crippen molar-refractivity contribution < 1.29 is 14.5 Å². The number of nitro benzene ring substituents is 1. The van der Waals surface area contributed by atoms with Gasteiger partial charge in [0, 0.05) is 31.1 Å². The van der Waals surface area contributed by atoms with Gasteiger partial charge in [-0.2, -0.15) is 0 Å². The smallest absolute Gasteiger partial charge is 0.292 e. The summed E-state index contributed by atoms with van der Waals surface area (Å²) in [6.07, 6.45) is 0.243. The predicted molar refractivity (Wildman–Crippen MR) is 76.0 cm³/mol. The van der Waals surface area contributed by atoms with Crippen molar-refractivity contribution in [1.82, 2.24) is 5.32 Å². The molecule has 0 unspecified atom stereocenters. The van der Waals surface area contributed by atoms with E-state index < -0.39 is 4.92 Å². The Morgan fingerprint density at radius 3 is 2.70 bits per heavy atom. The minimum absolute atomic E-state index is 0.0462. The summed E-state index contributed by atoms with van der Waals surface area (Å²) in [6, 6.07) is 4.51. The van der Waals surface area contributed by atoms with Crippen LogP contribution in [0.2, 0.25) is 0 Å². The molecule has 0 fully saturated rings. The third-order valence-corrected chi connectivity index (χ3v) is 2.52. The standard InChI is InChI=1S/C13H19N3O4/c1-9(2)15-13(17)6-7-14-11-8-10(20-3)4-5-12(11)16(18)19/h4-5,8-9,14H,6-7H2,1-3H3,(H,15,17). The molecule has 0 saturated heterocycles. The summed E-state index contributed by atoms with van der Waals surface area (Å²) in [5.74, 6) is 0.419. The van der Waals surface area contributed by atoms with Gasteiger partial charge in [0.15, 0.2) is 0 Å². The normalized spacial score (nSPS) is 10.2. The van der Waals surface area contributed by atoms with Gasteiger partial charge in [-0.25, -0.2) is 0 Å². The van der Waals surface area contributed by atoms with Gasteiger partial charge in [-0.1, -0.05) is 0 Å². The highest BCUT2D eigenvalue weighted by Gasteiger charge is 2.14. The summed E-state index contributed by atoms with van der Waals surface area (Å²) >= 11 is 0. The highest BCUT2D eigenvalue weighted by molar-refractivity contribution is 5.77. The summed E-state index contributed by atoms with van der Waals surface area (Å²) in [5.41, 5.74) is 0.293. The van der Waals surface area contributed by atoms with E-state index in [-0.39, 0.29) is 24.1 Å². The molecule has 7 nitrogen and oxygen atoms in total. The maximum absolute atomic E-state index is 11.5. The van der Waals surface area contributed by atoms with Crippen LogP contribution >= 0.6 is 0 Å². The predicted octanol–water partition coefficient (Wildman–Crippen LogP) is 1.93. The third kappa shape index (κ3) is 4.75. The van der Waals surface area contributed by atoms with Gasteiger partial charge in [0.2, 0.25) is 5.91 Å². The van der Waals surface area contributed by atoms with Crippen LogP contribution in [-0.2, 0) is 4.79 Å². The number of benzene rings is 1. The van der Waals surface area contributed by atoms with E-state index in [1.807, 2.05) is 13.8 Å². The molecule has 0 aliphatic carbocycles. The van der Waals surface area contributed by atoms with Gasteiger partial charge in [-0.15, -0.1) is 0 Å². The van der Waals surface area contributed by atoms with Gasteiger partial charge < -0.3 is 15.4 Å². The Morgan fingerprint density at radius 1 is 1.45 bits per heavy atom. The molecule has 0 spiro atoms. The van der Waals surface area contributed by atoms with E-state index in [0.717, 1.165) is 0 Å². The lowest BCUT2D eigenvalue weighted by atomic mass is 10.2. The summed E-state index contributed by atoms with van der Waals surface area (Å²) in [4.78, 5) is 21.9. The SMILES string of the molecule is COc1ccc([N+](=O)[O-])c(NCCC(=O)NC(C)C)c1. The first-order chi connectivity index (χ1) is 9.43. The van der Waals surface area contributed by atoms with Crippen LogP contribution in [0.25, 0.3) is 0 Å². The highest BCUT2D eigenvalue weighted by Crippen LogP contribution is 2.28. The van der Waals surface area contributed by atoms with E-state index in [0.29, 0.717) is 18.0 Å². The van der Waals surface area contributed by atoms with Crippen LogP contribution in [0.3, 0.4) is 0 Å². The van der Waals surface area contributed by atoms with E-state index >= 15 is 0 Å². The van der Waals surface area contributed by atoms with Gasteiger partial charge >= 0.3 is 0 Å². The summed E-state index contributed by atoms with van der Waals surface area (Å²) < 4.78 is 5.03. The number of nitrogens with one attached hydrogen (secondary N) is 2. The molecule has 110 valence electrons. The van der Waals surface area contributed by atoms with Crippen molar-refractivity contribution in [3.8, 4) is 5.75 Å². The number of anilines is 1. The van der Waals surface area contributed by atoms with Crippen molar-refractivity contribution in [2.24, 2.45) is 0 Å². The first-order valence-corrected chi connectivity index (χ1v) is 6.29. The Bertz CT molecular complexity index is 489. The fourth-order valence-electron chi connectivity index (χ4n) is 1.65. The Kier molecular flexibility index (Phi) is 5.76. The largest absolute Gasteiger partial charge is 0.497 e. The molecular formula is C13H19N3O4. The van der Waals surface area contributed by atoms with E-state index in [1.165, 1.54) is 19.2 Å². The number of hydrogen-bond donors (Lipinski definition) is 2. The van der Waals surface area contributed by atoms with Crippen molar-refractivity contribution in [3.63, 3.8) is 0 Å². The summed E-state index contributed by atoms with van der Waals surface area (Å²) in [6.45, 7) is 4.06. The fraction of sp³-hybridized carbons (Fsp3) is 0.462. The molecule has 0 radical (unpaired) electrons. The van der Waals surface area contributed by atoms with Crippen LogP contribution in [-0.4, -0.2) is 30.5 Å². The topological polar surface area (TPSA) is 93.5 Å². The van der Waals surface area contributed by atoms with E-state index in [9.17, 15) is 14.9 Å². The van der Waals surface area contributed by atoms with Gasteiger partial charge in [-0.3, -0.25) is 14.9 Å². The first kappa shape index (κ1) is 15.7. The zero-order valence-corrected chi connectivity index (χ0v) is 11.8. The second-order valence-electron chi connectivity index (χ2n) is 4.54. The Labute approximate surface area is 117 Å². The number of rotatable bonds is 7. The number of amides is 1. The fourth-order valence-corrected chi connectivity index (χ4v) is 1.65. The Balaban J connectivity index is 2.66. The lowest BCUT2D eigenvalue weighted by Gasteiger charge is -2.10. The molecule has 0 aromatic heterocycles. The van der Waals surface area contributed by atoms with Gasteiger partial charge in [0.05, 0.1) is 12.0 Å². The highest BCUT2D eigenvalue weighted by atomic mass is 16.6. The van der Waals surface area contributed by atoms with Crippen molar-refractivity contribution >= 4 is 17.3 Å². The maximum atomic E-state index is 11.5. The quantitative estimate of drug-likeness (QED) is 0.588. The van der Waals surface area contributed by atoms with Gasteiger partial charge in [-0.05, 0) is 19.9 Å². The third-order valence-electron chi connectivity index (χ3n) is 2.52. The minimum Gasteiger partial charge on any atom is -0.497 e. The molecule has 0 atom stereocenters. The number of hydrogen-bond acceptors (Lipinski definition) is 5. The van der Waals surface area contributed by atoms with Gasteiger partial charge in [0.25, 0.3) is 5.69 Å². The molecule has 1 rings (SSSR count). The number of methoxy groups -OCH3 is 1. The molecule has 7 heteroatoms. The second kappa shape index (κ2) is 7.32. The van der Waals surface area contributed by atoms with Crippen molar-refractivity contribution in [3.05, 3.63) is 28.3 Å². The molecular weight excluding hydrogens is 262 g/mol.